The molecule has 178 valence electrons. The van der Waals surface area contributed by atoms with Crippen molar-refractivity contribution in [2.75, 3.05) is 6.61 Å². The van der Waals surface area contributed by atoms with Crippen molar-refractivity contribution in [2.24, 2.45) is 46.3 Å². The predicted octanol–water partition coefficient (Wildman–Crippen LogP) is 7.64. The van der Waals surface area contributed by atoms with Gasteiger partial charge in [0, 0.05) is 18.4 Å². The van der Waals surface area contributed by atoms with E-state index in [1.807, 2.05) is 0 Å². The molecule has 2 heteroatoms. The van der Waals surface area contributed by atoms with Gasteiger partial charge >= 0.3 is 0 Å². The van der Waals surface area contributed by atoms with Crippen molar-refractivity contribution >= 4 is 0 Å². The first-order valence-electron chi connectivity index (χ1n) is 14.0. The van der Waals surface area contributed by atoms with Crippen molar-refractivity contribution in [3.8, 4) is 0 Å². The van der Waals surface area contributed by atoms with Crippen molar-refractivity contribution in [1.82, 2.24) is 0 Å². The molecule has 0 aromatic rings. The lowest BCUT2D eigenvalue weighted by Gasteiger charge is -2.59. The summed E-state index contributed by atoms with van der Waals surface area (Å²) in [4.78, 5) is 0. The van der Waals surface area contributed by atoms with Gasteiger partial charge in [0.1, 0.15) is 5.60 Å². The average molecular weight is 431 g/mol. The van der Waals surface area contributed by atoms with Crippen molar-refractivity contribution in [3.63, 3.8) is 0 Å². The zero-order chi connectivity index (χ0) is 22.0. The molecule has 10 atom stereocenters. The average Bonchev–Trinajstić information content (AvgIpc) is 3.29. The summed E-state index contributed by atoms with van der Waals surface area (Å²) in [5.41, 5.74) is 1.16. The molecule has 5 aliphatic rings. The number of hydrogen-bond donors (Lipinski definition) is 0. The molecular weight excluding hydrogens is 380 g/mol. The molecular formula is C29H50O2. The van der Waals surface area contributed by atoms with E-state index in [-0.39, 0.29) is 5.60 Å². The van der Waals surface area contributed by atoms with Gasteiger partial charge in [0.05, 0.1) is 12.2 Å². The Kier molecular flexibility index (Phi) is 5.86. The van der Waals surface area contributed by atoms with Crippen LogP contribution in [-0.4, -0.2) is 24.4 Å². The van der Waals surface area contributed by atoms with Crippen molar-refractivity contribution in [1.29, 1.82) is 0 Å². The summed E-state index contributed by atoms with van der Waals surface area (Å²) in [6.45, 7) is 15.7. The van der Waals surface area contributed by atoms with Gasteiger partial charge in [-0.2, -0.15) is 0 Å². The van der Waals surface area contributed by atoms with Crippen LogP contribution in [0.1, 0.15) is 112 Å². The molecule has 5 fully saturated rings. The molecule has 1 heterocycles. The highest BCUT2D eigenvalue weighted by Gasteiger charge is 2.76. The smallest absolute Gasteiger partial charge is 0.103 e. The molecule has 0 aromatic carbocycles. The van der Waals surface area contributed by atoms with Gasteiger partial charge in [-0.15, -0.1) is 0 Å². The highest BCUT2D eigenvalue weighted by molar-refractivity contribution is 5.24. The second kappa shape index (κ2) is 8.00. The van der Waals surface area contributed by atoms with Crippen molar-refractivity contribution < 1.29 is 9.47 Å². The first-order chi connectivity index (χ1) is 14.7. The van der Waals surface area contributed by atoms with Gasteiger partial charge in [0.2, 0.25) is 0 Å². The Hall–Kier alpha value is -0.0800. The Labute approximate surface area is 192 Å². The summed E-state index contributed by atoms with van der Waals surface area (Å²) in [6, 6.07) is 0. The Morgan fingerprint density at radius 1 is 0.968 bits per heavy atom. The number of fused-ring (bicyclic) bond motifs is 4. The third-order valence-electron chi connectivity index (χ3n) is 11.6. The van der Waals surface area contributed by atoms with Gasteiger partial charge in [0.25, 0.3) is 0 Å². The van der Waals surface area contributed by atoms with Crippen LogP contribution in [-0.2, 0) is 9.47 Å². The van der Waals surface area contributed by atoms with Gasteiger partial charge in [-0.3, -0.25) is 0 Å². The highest BCUT2D eigenvalue weighted by atomic mass is 16.6. The minimum atomic E-state index is 0.169. The van der Waals surface area contributed by atoms with E-state index in [0.29, 0.717) is 23.0 Å². The minimum Gasteiger partial charge on any atom is -0.378 e. The van der Waals surface area contributed by atoms with Crippen molar-refractivity contribution in [2.45, 2.75) is 130 Å². The van der Waals surface area contributed by atoms with Crippen LogP contribution in [0.3, 0.4) is 0 Å². The van der Waals surface area contributed by atoms with Crippen LogP contribution < -0.4 is 0 Å². The third kappa shape index (κ3) is 3.39. The summed E-state index contributed by atoms with van der Waals surface area (Å²) >= 11 is 0. The summed E-state index contributed by atoms with van der Waals surface area (Å²) in [7, 11) is 0. The maximum atomic E-state index is 6.69. The Morgan fingerprint density at radius 3 is 2.52 bits per heavy atom. The Morgan fingerprint density at radius 2 is 1.77 bits per heavy atom. The molecule has 1 spiro atoms. The molecule has 0 unspecified atom stereocenters. The summed E-state index contributed by atoms with van der Waals surface area (Å²) in [5, 5.41) is 0. The number of hydrogen-bond acceptors (Lipinski definition) is 2. The monoisotopic (exact) mass is 430 g/mol. The van der Waals surface area contributed by atoms with Crippen LogP contribution in [0.15, 0.2) is 0 Å². The topological polar surface area (TPSA) is 21.8 Å². The third-order valence-corrected chi connectivity index (χ3v) is 11.6. The Balaban J connectivity index is 1.31. The second-order valence-corrected chi connectivity index (χ2v) is 13.4. The first kappa shape index (κ1) is 22.7. The van der Waals surface area contributed by atoms with Crippen molar-refractivity contribution in [3.05, 3.63) is 0 Å². The van der Waals surface area contributed by atoms with E-state index in [1.54, 1.807) is 0 Å². The van der Waals surface area contributed by atoms with E-state index in [2.05, 4.69) is 41.5 Å². The number of ether oxygens (including phenoxy) is 2. The number of rotatable bonds is 7. The number of epoxide rings is 1. The van der Waals surface area contributed by atoms with Crippen LogP contribution >= 0.6 is 0 Å². The van der Waals surface area contributed by atoms with E-state index >= 15 is 0 Å². The second-order valence-electron chi connectivity index (χ2n) is 13.4. The quantitative estimate of drug-likeness (QED) is 0.387. The normalized spacial score (nSPS) is 51.6. The van der Waals surface area contributed by atoms with E-state index in [1.165, 1.54) is 70.6 Å². The largest absolute Gasteiger partial charge is 0.378 e. The van der Waals surface area contributed by atoms with E-state index in [4.69, 9.17) is 9.47 Å². The molecule has 0 N–H and O–H groups in total. The van der Waals surface area contributed by atoms with Crippen LogP contribution in [0.5, 0.6) is 0 Å². The summed E-state index contributed by atoms with van der Waals surface area (Å²) in [5.74, 6) is 5.48. The predicted molar refractivity (Wildman–Crippen MR) is 128 cm³/mol. The fourth-order valence-electron chi connectivity index (χ4n) is 10.0. The molecule has 1 aliphatic heterocycles. The Bertz CT molecular complexity index is 659. The highest BCUT2D eigenvalue weighted by Crippen LogP contribution is 2.74. The molecule has 5 rings (SSSR count). The fourth-order valence-corrected chi connectivity index (χ4v) is 10.0. The fraction of sp³-hybridized carbons (Fsp3) is 1.00. The summed E-state index contributed by atoms with van der Waals surface area (Å²) in [6.07, 6.45) is 16.3. The molecule has 4 aliphatic carbocycles. The molecule has 1 saturated heterocycles. The lowest BCUT2D eigenvalue weighted by molar-refractivity contribution is -0.124. The zero-order valence-electron chi connectivity index (χ0n) is 21.4. The van der Waals surface area contributed by atoms with Crippen LogP contribution in [0.2, 0.25) is 0 Å². The van der Waals surface area contributed by atoms with Gasteiger partial charge in [-0.05, 0) is 92.8 Å². The summed E-state index contributed by atoms with van der Waals surface area (Å²) < 4.78 is 12.8. The molecule has 0 amide bonds. The molecule has 0 aromatic heterocycles. The van der Waals surface area contributed by atoms with Gasteiger partial charge in [0.15, 0.2) is 0 Å². The standard InChI is InChI=1S/C29H50O2/c1-7-30-21-13-16-28(6)25-14-15-27(5)23(20(4)10-8-9-19(2)3)11-12-24(27)22(25)17-26-29(28,18-21)31-26/h19-26H,7-18H2,1-6H3/t20-,21+,22+,23-,24+,25+,26+,27-,28-,29+/m1/s1. The molecule has 0 bridgehead atoms. The maximum Gasteiger partial charge on any atom is 0.103 e. The van der Waals surface area contributed by atoms with Gasteiger partial charge in [-0.1, -0.05) is 53.9 Å². The first-order valence-corrected chi connectivity index (χ1v) is 14.0. The van der Waals surface area contributed by atoms with E-state index in [9.17, 15) is 0 Å². The van der Waals surface area contributed by atoms with E-state index in [0.717, 1.165) is 42.1 Å². The SMILES string of the molecule is CCO[C@H]1CC[C@]2(C)[C@H]3CC[C@]4(C)[C@@H]([C@H](C)CCCC(C)C)CC[C@H]4[C@@H]3C[C@@H]3O[C@@]32C1. The molecule has 31 heavy (non-hydrogen) atoms. The van der Waals surface area contributed by atoms with Crippen LogP contribution in [0.25, 0.3) is 0 Å². The minimum absolute atomic E-state index is 0.169. The maximum absolute atomic E-state index is 6.69. The molecule has 4 saturated carbocycles. The van der Waals surface area contributed by atoms with Gasteiger partial charge in [-0.25, -0.2) is 0 Å². The van der Waals surface area contributed by atoms with Crippen LogP contribution in [0, 0.1) is 46.3 Å². The zero-order valence-corrected chi connectivity index (χ0v) is 21.4. The lowest BCUT2D eigenvalue weighted by atomic mass is 9.44. The molecule has 0 radical (unpaired) electrons. The van der Waals surface area contributed by atoms with Crippen LogP contribution in [0.4, 0.5) is 0 Å². The van der Waals surface area contributed by atoms with Gasteiger partial charge < -0.3 is 9.47 Å². The molecule has 2 nitrogen and oxygen atoms in total. The lowest BCUT2D eigenvalue weighted by Crippen LogP contribution is -2.58. The van der Waals surface area contributed by atoms with E-state index < -0.39 is 0 Å².